The van der Waals surface area contributed by atoms with E-state index in [4.69, 9.17) is 0 Å². The minimum Gasteiger partial charge on any atom is -0.376 e. The minimum absolute atomic E-state index is 0.0209. The highest BCUT2D eigenvalue weighted by Crippen LogP contribution is 2.18. The summed E-state index contributed by atoms with van der Waals surface area (Å²) < 4.78 is 0.987. The number of nitrogens with zero attached hydrogens (tertiary/aromatic N) is 1. The Bertz CT molecular complexity index is 732. The number of hydrogen-bond donors (Lipinski definition) is 2. The van der Waals surface area contributed by atoms with Gasteiger partial charge in [-0.1, -0.05) is 30.3 Å². The quantitative estimate of drug-likeness (QED) is 0.684. The molecule has 126 valence electrons. The van der Waals surface area contributed by atoms with Crippen molar-refractivity contribution < 1.29 is 9.59 Å². The number of nitrogens with one attached hydrogen (secondary N) is 2. The number of halogens is 1. The van der Waals surface area contributed by atoms with Crippen LogP contribution in [0.4, 0.5) is 11.4 Å². The molecule has 0 fully saturated rings. The van der Waals surface area contributed by atoms with E-state index in [0.717, 1.165) is 20.5 Å². The first-order chi connectivity index (χ1) is 11.5. The Morgan fingerprint density at radius 2 is 1.62 bits per heavy atom. The Morgan fingerprint density at radius 1 is 1.00 bits per heavy atom. The molecule has 2 rings (SSSR count). The molecule has 2 aromatic rings. The maximum Gasteiger partial charge on any atom is 0.243 e. The van der Waals surface area contributed by atoms with Crippen LogP contribution in [-0.2, 0) is 16.0 Å². The van der Waals surface area contributed by atoms with Crippen molar-refractivity contribution in [3.05, 3.63) is 57.7 Å². The van der Waals surface area contributed by atoms with Crippen LogP contribution in [0.25, 0.3) is 0 Å². The Morgan fingerprint density at radius 3 is 2.29 bits per heavy atom. The van der Waals surface area contributed by atoms with Crippen molar-refractivity contribution in [3.8, 4) is 0 Å². The first-order valence-electron chi connectivity index (χ1n) is 7.53. The molecule has 0 radical (unpaired) electrons. The van der Waals surface area contributed by atoms with E-state index < -0.39 is 0 Å². The van der Waals surface area contributed by atoms with Crippen LogP contribution in [0.5, 0.6) is 0 Å². The highest BCUT2D eigenvalue weighted by Gasteiger charge is 2.10. The highest BCUT2D eigenvalue weighted by atomic mass is 127. The summed E-state index contributed by atoms with van der Waals surface area (Å²) in [5.41, 5.74) is 2.46. The van der Waals surface area contributed by atoms with Crippen molar-refractivity contribution in [2.24, 2.45) is 0 Å². The summed E-state index contributed by atoms with van der Waals surface area (Å²) in [5.74, 6) is -0.111. The Labute approximate surface area is 155 Å². The zero-order valence-electron chi connectivity index (χ0n) is 13.7. The predicted octanol–water partition coefficient (Wildman–Crippen LogP) is 2.97. The van der Waals surface area contributed by atoms with Crippen molar-refractivity contribution in [2.75, 3.05) is 31.3 Å². The molecule has 0 heterocycles. The smallest absolute Gasteiger partial charge is 0.243 e. The van der Waals surface area contributed by atoms with Crippen LogP contribution in [0.1, 0.15) is 5.56 Å². The summed E-state index contributed by atoms with van der Waals surface area (Å²) in [6.07, 6.45) is 0.300. The summed E-state index contributed by atoms with van der Waals surface area (Å²) in [7, 11) is 3.46. The number of carbonyl (C=O) groups excluding carboxylic acids is 2. The van der Waals surface area contributed by atoms with E-state index in [1.807, 2.05) is 48.5 Å². The molecule has 24 heavy (non-hydrogen) atoms. The van der Waals surface area contributed by atoms with Gasteiger partial charge in [0.15, 0.2) is 0 Å². The molecule has 2 amide bonds. The average molecular weight is 437 g/mol. The molecule has 0 aliphatic rings. The zero-order valence-corrected chi connectivity index (χ0v) is 15.8. The summed E-state index contributed by atoms with van der Waals surface area (Å²) >= 11 is 2.18. The number of hydrogen-bond acceptors (Lipinski definition) is 3. The third-order valence-corrected chi connectivity index (χ3v) is 4.39. The molecular weight excluding hydrogens is 417 g/mol. The van der Waals surface area contributed by atoms with Gasteiger partial charge < -0.3 is 15.5 Å². The third-order valence-electron chi connectivity index (χ3n) is 3.45. The molecule has 0 spiro atoms. The lowest BCUT2D eigenvalue weighted by Crippen LogP contribution is -2.25. The van der Waals surface area contributed by atoms with Crippen molar-refractivity contribution in [2.45, 2.75) is 6.42 Å². The first kappa shape index (κ1) is 18.3. The molecule has 2 N–H and O–H groups in total. The van der Waals surface area contributed by atoms with Gasteiger partial charge in [0.2, 0.25) is 11.8 Å². The second kappa shape index (κ2) is 8.68. The van der Waals surface area contributed by atoms with E-state index in [-0.39, 0.29) is 18.4 Å². The lowest BCUT2D eigenvalue weighted by Gasteiger charge is -2.14. The fourth-order valence-corrected chi connectivity index (χ4v) is 2.62. The molecule has 0 aliphatic carbocycles. The van der Waals surface area contributed by atoms with Crippen LogP contribution >= 0.6 is 22.6 Å². The summed E-state index contributed by atoms with van der Waals surface area (Å²) in [6.45, 7) is 0.137. The Balaban J connectivity index is 1.98. The third kappa shape index (κ3) is 5.23. The van der Waals surface area contributed by atoms with Gasteiger partial charge in [0.05, 0.1) is 18.7 Å². The van der Waals surface area contributed by atoms with Crippen LogP contribution in [0.15, 0.2) is 48.5 Å². The van der Waals surface area contributed by atoms with Crippen molar-refractivity contribution in [1.29, 1.82) is 0 Å². The van der Waals surface area contributed by atoms with Crippen LogP contribution in [0, 0.1) is 3.57 Å². The minimum atomic E-state index is -0.132. The van der Waals surface area contributed by atoms with E-state index >= 15 is 0 Å². The van der Waals surface area contributed by atoms with Crippen LogP contribution < -0.4 is 10.6 Å². The molecule has 0 unspecified atom stereocenters. The second-order valence-electron chi connectivity index (χ2n) is 5.50. The summed E-state index contributed by atoms with van der Waals surface area (Å²) in [4.78, 5) is 25.6. The number of likely N-dealkylation sites (N-methyl/N-ethyl adjacent to an activating group) is 1. The molecular formula is C18H20IN3O2. The van der Waals surface area contributed by atoms with Gasteiger partial charge in [0, 0.05) is 23.4 Å². The van der Waals surface area contributed by atoms with E-state index in [0.29, 0.717) is 6.42 Å². The van der Waals surface area contributed by atoms with Crippen LogP contribution in [0.3, 0.4) is 0 Å². The molecule has 0 saturated heterocycles. The normalized spacial score (nSPS) is 10.1. The topological polar surface area (TPSA) is 61.4 Å². The summed E-state index contributed by atoms with van der Waals surface area (Å²) in [6, 6.07) is 15.1. The van der Waals surface area contributed by atoms with E-state index in [2.05, 4.69) is 33.2 Å². The number of carbonyl (C=O) groups is 2. The van der Waals surface area contributed by atoms with Crippen molar-refractivity contribution in [1.82, 2.24) is 4.90 Å². The molecule has 0 aromatic heterocycles. The number of anilines is 2. The van der Waals surface area contributed by atoms with Gasteiger partial charge in [-0.25, -0.2) is 0 Å². The maximum atomic E-state index is 12.1. The molecule has 0 bridgehead atoms. The zero-order chi connectivity index (χ0) is 17.5. The van der Waals surface area contributed by atoms with Gasteiger partial charge in [0.25, 0.3) is 0 Å². The maximum absolute atomic E-state index is 12.1. The summed E-state index contributed by atoms with van der Waals surface area (Å²) in [5, 5.41) is 5.99. The molecule has 0 saturated carbocycles. The average Bonchev–Trinajstić information content (AvgIpc) is 2.56. The van der Waals surface area contributed by atoms with Crippen LogP contribution in [0.2, 0.25) is 0 Å². The van der Waals surface area contributed by atoms with Crippen LogP contribution in [-0.4, -0.2) is 37.4 Å². The standard InChI is InChI=1S/C18H20IN3O2/c1-22(2)18(24)11-13-7-3-5-9-15(13)20-12-17(23)21-16-10-6-4-8-14(16)19/h3-10,20H,11-12H2,1-2H3,(H,21,23). The van der Waals surface area contributed by atoms with Crippen molar-refractivity contribution >= 4 is 45.8 Å². The van der Waals surface area contributed by atoms with Gasteiger partial charge >= 0.3 is 0 Å². The molecule has 6 heteroatoms. The van der Waals surface area contributed by atoms with Gasteiger partial charge in [-0.3, -0.25) is 9.59 Å². The van der Waals surface area contributed by atoms with E-state index in [1.165, 1.54) is 0 Å². The monoisotopic (exact) mass is 437 g/mol. The molecule has 5 nitrogen and oxygen atoms in total. The Kier molecular flexibility index (Phi) is 6.60. The molecule has 0 atom stereocenters. The van der Waals surface area contributed by atoms with Crippen molar-refractivity contribution in [3.63, 3.8) is 0 Å². The van der Waals surface area contributed by atoms with Gasteiger partial charge in [0.1, 0.15) is 0 Å². The number of rotatable bonds is 6. The van der Waals surface area contributed by atoms with Gasteiger partial charge in [-0.05, 0) is 46.4 Å². The number of benzene rings is 2. The SMILES string of the molecule is CN(C)C(=O)Cc1ccccc1NCC(=O)Nc1ccccc1I. The van der Waals surface area contributed by atoms with Gasteiger partial charge in [-0.2, -0.15) is 0 Å². The largest absolute Gasteiger partial charge is 0.376 e. The highest BCUT2D eigenvalue weighted by molar-refractivity contribution is 14.1. The first-order valence-corrected chi connectivity index (χ1v) is 8.61. The van der Waals surface area contributed by atoms with E-state index in [1.54, 1.807) is 19.0 Å². The predicted molar refractivity (Wildman–Crippen MR) is 105 cm³/mol. The lowest BCUT2D eigenvalue weighted by molar-refractivity contribution is -0.127. The second-order valence-corrected chi connectivity index (χ2v) is 6.67. The molecule has 2 aromatic carbocycles. The van der Waals surface area contributed by atoms with Gasteiger partial charge in [-0.15, -0.1) is 0 Å². The number of para-hydroxylation sites is 2. The molecule has 0 aliphatic heterocycles. The fraction of sp³-hybridized carbons (Fsp3) is 0.222. The Hall–Kier alpha value is -2.09. The van der Waals surface area contributed by atoms with E-state index in [9.17, 15) is 9.59 Å². The number of amides is 2. The fourth-order valence-electron chi connectivity index (χ4n) is 2.10. The lowest BCUT2D eigenvalue weighted by atomic mass is 10.1.